The van der Waals surface area contributed by atoms with E-state index < -0.39 is 0 Å². The minimum Gasteiger partial charge on any atom is -0.458 e. The molecule has 0 amide bonds. The maximum Gasteiger partial charge on any atom is 0.148 e. The Morgan fingerprint density at radius 1 is 1.40 bits per heavy atom. The van der Waals surface area contributed by atoms with Crippen LogP contribution < -0.4 is 5.32 Å². The molecule has 108 valence electrons. The van der Waals surface area contributed by atoms with Crippen LogP contribution in [0.5, 0.6) is 0 Å². The van der Waals surface area contributed by atoms with E-state index in [2.05, 4.69) is 46.4 Å². The summed E-state index contributed by atoms with van der Waals surface area (Å²) >= 11 is 3.57. The van der Waals surface area contributed by atoms with E-state index in [1.165, 1.54) is 31.1 Å². The summed E-state index contributed by atoms with van der Waals surface area (Å²) in [6.45, 7) is 3.26. The monoisotopic (exact) mass is 335 g/mol. The van der Waals surface area contributed by atoms with Gasteiger partial charge in [-0.2, -0.15) is 0 Å². The molecule has 0 spiro atoms. The third-order valence-electron chi connectivity index (χ3n) is 4.29. The summed E-state index contributed by atoms with van der Waals surface area (Å²) in [6.07, 6.45) is 6.53. The highest BCUT2D eigenvalue weighted by Crippen LogP contribution is 2.37. The van der Waals surface area contributed by atoms with Crippen molar-refractivity contribution >= 4 is 26.9 Å². The summed E-state index contributed by atoms with van der Waals surface area (Å²) in [7, 11) is 0. The number of nitrogens with one attached hydrogen (secondary N) is 1. The maximum absolute atomic E-state index is 6.12. The molecule has 1 atom stereocenters. The van der Waals surface area contributed by atoms with E-state index in [0.29, 0.717) is 6.04 Å². The van der Waals surface area contributed by atoms with E-state index in [9.17, 15) is 0 Å². The number of furan rings is 1. The number of rotatable bonds is 6. The number of hydrogen-bond acceptors (Lipinski definition) is 2. The lowest BCUT2D eigenvalue weighted by Crippen LogP contribution is -2.26. The highest BCUT2D eigenvalue weighted by atomic mass is 79.9. The van der Waals surface area contributed by atoms with Crippen molar-refractivity contribution in [2.24, 2.45) is 5.92 Å². The molecule has 3 heteroatoms. The first-order chi connectivity index (χ1) is 9.78. The van der Waals surface area contributed by atoms with Gasteiger partial charge in [0, 0.05) is 5.39 Å². The van der Waals surface area contributed by atoms with Gasteiger partial charge in [-0.25, -0.2) is 0 Å². The van der Waals surface area contributed by atoms with Crippen LogP contribution in [0.4, 0.5) is 0 Å². The van der Waals surface area contributed by atoms with Crippen molar-refractivity contribution in [3.8, 4) is 0 Å². The average molecular weight is 336 g/mol. The highest BCUT2D eigenvalue weighted by molar-refractivity contribution is 9.10. The van der Waals surface area contributed by atoms with Crippen LogP contribution in [0.1, 0.15) is 50.8 Å². The van der Waals surface area contributed by atoms with Crippen molar-refractivity contribution in [1.82, 2.24) is 5.32 Å². The van der Waals surface area contributed by atoms with E-state index in [1.54, 1.807) is 0 Å². The molecule has 1 heterocycles. The van der Waals surface area contributed by atoms with Gasteiger partial charge in [0.25, 0.3) is 0 Å². The van der Waals surface area contributed by atoms with Gasteiger partial charge in [-0.05, 0) is 53.4 Å². The zero-order chi connectivity index (χ0) is 13.9. The smallest absolute Gasteiger partial charge is 0.148 e. The first-order valence-corrected chi connectivity index (χ1v) is 8.48. The van der Waals surface area contributed by atoms with Crippen LogP contribution in [-0.4, -0.2) is 6.54 Å². The van der Waals surface area contributed by atoms with Crippen LogP contribution in [0.3, 0.4) is 0 Å². The van der Waals surface area contributed by atoms with Gasteiger partial charge in [0.15, 0.2) is 0 Å². The summed E-state index contributed by atoms with van der Waals surface area (Å²) in [5.74, 6) is 1.97. The molecule has 0 bridgehead atoms. The van der Waals surface area contributed by atoms with Gasteiger partial charge in [0.1, 0.15) is 11.3 Å². The van der Waals surface area contributed by atoms with Crippen LogP contribution in [0.25, 0.3) is 11.0 Å². The van der Waals surface area contributed by atoms with E-state index >= 15 is 0 Å². The van der Waals surface area contributed by atoms with Gasteiger partial charge in [-0.1, -0.05) is 38.3 Å². The lowest BCUT2D eigenvalue weighted by Gasteiger charge is -2.29. The fourth-order valence-electron chi connectivity index (χ4n) is 2.90. The van der Waals surface area contributed by atoms with Crippen LogP contribution in [-0.2, 0) is 0 Å². The summed E-state index contributed by atoms with van der Waals surface area (Å²) in [5.41, 5.74) is 0.972. The number of fused-ring (bicyclic) bond motifs is 1. The predicted octanol–water partition coefficient (Wildman–Crippen LogP) is 5.43. The molecule has 1 aromatic carbocycles. The third kappa shape index (κ3) is 2.94. The fourth-order valence-corrected chi connectivity index (χ4v) is 3.36. The summed E-state index contributed by atoms with van der Waals surface area (Å²) in [5, 5.41) is 4.84. The topological polar surface area (TPSA) is 25.2 Å². The molecule has 0 radical (unpaired) electrons. The summed E-state index contributed by atoms with van der Waals surface area (Å²) < 4.78 is 7.16. The zero-order valence-corrected chi connectivity index (χ0v) is 13.6. The maximum atomic E-state index is 6.12. The van der Waals surface area contributed by atoms with Gasteiger partial charge in [0.2, 0.25) is 0 Å². The first kappa shape index (κ1) is 14.2. The highest BCUT2D eigenvalue weighted by Gasteiger charge is 2.25. The molecule has 0 aliphatic heterocycles. The van der Waals surface area contributed by atoms with Crippen molar-refractivity contribution in [2.45, 2.75) is 45.1 Å². The molecule has 1 fully saturated rings. The fraction of sp³-hybridized carbons (Fsp3) is 0.529. The summed E-state index contributed by atoms with van der Waals surface area (Å²) in [6, 6.07) is 8.78. The molecule has 1 aromatic heterocycles. The molecular weight excluding hydrogens is 314 g/mol. The number of hydrogen-bond donors (Lipinski definition) is 1. The Balaban J connectivity index is 1.84. The second-order valence-corrected chi connectivity index (χ2v) is 6.70. The number of benzene rings is 1. The molecule has 0 saturated heterocycles. The quantitative estimate of drug-likeness (QED) is 0.761. The second kappa shape index (κ2) is 6.31. The minimum absolute atomic E-state index is 0.361. The molecule has 3 rings (SSSR count). The molecule has 1 aliphatic rings. The van der Waals surface area contributed by atoms with Crippen molar-refractivity contribution in [2.75, 3.05) is 6.54 Å². The molecule has 20 heavy (non-hydrogen) atoms. The van der Waals surface area contributed by atoms with Gasteiger partial charge in [-0.3, -0.25) is 0 Å². The Labute approximate surface area is 129 Å². The van der Waals surface area contributed by atoms with Crippen LogP contribution in [0.15, 0.2) is 33.2 Å². The van der Waals surface area contributed by atoms with Gasteiger partial charge in [-0.15, -0.1) is 0 Å². The number of halogens is 1. The lowest BCUT2D eigenvalue weighted by molar-refractivity contribution is 0.248. The van der Waals surface area contributed by atoms with Gasteiger partial charge < -0.3 is 9.73 Å². The Hall–Kier alpha value is -0.800. The van der Waals surface area contributed by atoms with Crippen molar-refractivity contribution in [1.29, 1.82) is 0 Å². The van der Waals surface area contributed by atoms with Crippen molar-refractivity contribution < 1.29 is 4.42 Å². The van der Waals surface area contributed by atoms with Crippen LogP contribution in [0.2, 0.25) is 0 Å². The Kier molecular flexibility index (Phi) is 4.47. The minimum atomic E-state index is 0.361. The molecular formula is C17H22BrNO. The zero-order valence-electron chi connectivity index (χ0n) is 12.0. The van der Waals surface area contributed by atoms with E-state index in [0.717, 1.165) is 34.7 Å². The van der Waals surface area contributed by atoms with Crippen molar-refractivity contribution in [3.63, 3.8) is 0 Å². The molecule has 1 aliphatic carbocycles. The lowest BCUT2D eigenvalue weighted by atomic mass is 9.80. The molecule has 1 unspecified atom stereocenters. The summed E-state index contributed by atoms with van der Waals surface area (Å²) in [4.78, 5) is 0. The Morgan fingerprint density at radius 2 is 2.25 bits per heavy atom. The standard InChI is InChI=1S/C17H22BrNO/c1-2-9-19-15(10-12-5-3-6-12)16-11-13-7-4-8-14(18)17(13)20-16/h4,7-8,11-12,15,19H,2-3,5-6,9-10H2,1H3. The SMILES string of the molecule is CCCNC(CC1CCC1)c1cc2cccc(Br)c2o1. The Bertz CT molecular complexity index is 573. The second-order valence-electron chi connectivity index (χ2n) is 5.85. The molecule has 2 aromatic rings. The van der Waals surface area contributed by atoms with Gasteiger partial charge >= 0.3 is 0 Å². The predicted molar refractivity (Wildman–Crippen MR) is 86.9 cm³/mol. The normalized spacial score (nSPS) is 17.3. The third-order valence-corrected chi connectivity index (χ3v) is 4.92. The molecule has 1 saturated carbocycles. The number of para-hydroxylation sites is 1. The molecule has 2 nitrogen and oxygen atoms in total. The van der Waals surface area contributed by atoms with Crippen LogP contribution in [0, 0.1) is 5.92 Å². The van der Waals surface area contributed by atoms with E-state index in [1.807, 2.05) is 6.07 Å². The van der Waals surface area contributed by atoms with E-state index in [-0.39, 0.29) is 0 Å². The van der Waals surface area contributed by atoms with E-state index in [4.69, 9.17) is 4.42 Å². The Morgan fingerprint density at radius 3 is 2.90 bits per heavy atom. The van der Waals surface area contributed by atoms with Gasteiger partial charge in [0.05, 0.1) is 10.5 Å². The van der Waals surface area contributed by atoms with Crippen LogP contribution >= 0.6 is 15.9 Å². The first-order valence-electron chi connectivity index (χ1n) is 7.69. The average Bonchev–Trinajstić information content (AvgIpc) is 2.82. The van der Waals surface area contributed by atoms with Crippen molar-refractivity contribution in [3.05, 3.63) is 34.5 Å². The largest absolute Gasteiger partial charge is 0.458 e. The molecule has 1 N–H and O–H groups in total.